The Kier molecular flexibility index (Phi) is 6.48. The summed E-state index contributed by atoms with van der Waals surface area (Å²) in [6.45, 7) is 7.91. The second-order valence-electron chi connectivity index (χ2n) is 7.38. The van der Waals surface area contributed by atoms with Crippen LogP contribution in [0.2, 0.25) is 0 Å². The van der Waals surface area contributed by atoms with Gasteiger partial charge in [0.25, 0.3) is 0 Å². The van der Waals surface area contributed by atoms with Crippen molar-refractivity contribution in [2.75, 3.05) is 17.7 Å². The molecule has 1 amide bonds. The smallest absolute Gasteiger partial charge is 0.341 e. The fourth-order valence-corrected chi connectivity index (χ4v) is 5.51. The van der Waals surface area contributed by atoms with Gasteiger partial charge in [0.15, 0.2) is 10.8 Å². The van der Waals surface area contributed by atoms with Crippen molar-refractivity contribution in [1.82, 2.24) is 14.6 Å². The second kappa shape index (κ2) is 9.30. The van der Waals surface area contributed by atoms with Gasteiger partial charge < -0.3 is 10.1 Å². The first-order valence-corrected chi connectivity index (χ1v) is 12.1. The van der Waals surface area contributed by atoms with Crippen LogP contribution in [0, 0.1) is 20.8 Å². The standard InChI is InChI=1S/C23H24N4O3S2/c1-5-30-22(29)20-14(3)15(4)32-21(20)24-19(28)10-11-31-23-26-25-18-12-13(2)16-8-6-7-9-17(16)27(18)23/h6-9,12H,5,10-11H2,1-4H3,(H,24,28). The van der Waals surface area contributed by atoms with Crippen molar-refractivity contribution in [3.63, 3.8) is 0 Å². The molecule has 0 unspecified atom stereocenters. The summed E-state index contributed by atoms with van der Waals surface area (Å²) in [6.07, 6.45) is 0.279. The first-order valence-electron chi connectivity index (χ1n) is 10.3. The molecule has 0 radical (unpaired) electrons. The molecular formula is C23H24N4O3S2. The van der Waals surface area contributed by atoms with Gasteiger partial charge in [-0.25, -0.2) is 4.79 Å². The van der Waals surface area contributed by atoms with Gasteiger partial charge in [-0.3, -0.25) is 9.20 Å². The molecule has 0 spiro atoms. The van der Waals surface area contributed by atoms with Crippen LogP contribution in [0.25, 0.3) is 16.6 Å². The number of pyridine rings is 1. The first-order chi connectivity index (χ1) is 15.4. The van der Waals surface area contributed by atoms with Crippen LogP contribution < -0.4 is 5.32 Å². The highest BCUT2D eigenvalue weighted by Gasteiger charge is 2.22. The number of thioether (sulfide) groups is 1. The number of para-hydroxylation sites is 1. The third-order valence-electron chi connectivity index (χ3n) is 5.25. The fourth-order valence-electron chi connectivity index (χ4n) is 3.56. The Balaban J connectivity index is 1.47. The van der Waals surface area contributed by atoms with Crippen LogP contribution in [0.5, 0.6) is 0 Å². The van der Waals surface area contributed by atoms with Crippen molar-refractivity contribution in [1.29, 1.82) is 0 Å². The van der Waals surface area contributed by atoms with Gasteiger partial charge in [0, 0.05) is 22.4 Å². The topological polar surface area (TPSA) is 85.6 Å². The molecule has 4 rings (SSSR count). The maximum atomic E-state index is 12.6. The number of hydrogen-bond donors (Lipinski definition) is 1. The van der Waals surface area contributed by atoms with Crippen molar-refractivity contribution < 1.29 is 14.3 Å². The lowest BCUT2D eigenvalue weighted by Gasteiger charge is -2.08. The van der Waals surface area contributed by atoms with Crippen LogP contribution in [0.15, 0.2) is 35.5 Å². The fraction of sp³-hybridized carbons (Fsp3) is 0.304. The van der Waals surface area contributed by atoms with Gasteiger partial charge in [-0.2, -0.15) is 0 Å². The van der Waals surface area contributed by atoms with E-state index in [1.807, 2.05) is 42.5 Å². The summed E-state index contributed by atoms with van der Waals surface area (Å²) in [5, 5.41) is 14.0. The summed E-state index contributed by atoms with van der Waals surface area (Å²) in [5.41, 5.74) is 4.27. The van der Waals surface area contributed by atoms with Gasteiger partial charge in [0.05, 0.1) is 17.7 Å². The van der Waals surface area contributed by atoms with Crippen molar-refractivity contribution >= 4 is 56.5 Å². The van der Waals surface area contributed by atoms with Crippen LogP contribution in [-0.2, 0) is 9.53 Å². The molecule has 1 aromatic carbocycles. The summed E-state index contributed by atoms with van der Waals surface area (Å²) < 4.78 is 7.18. The molecule has 0 aliphatic rings. The lowest BCUT2D eigenvalue weighted by molar-refractivity contribution is -0.115. The number of rotatable bonds is 7. The highest BCUT2D eigenvalue weighted by molar-refractivity contribution is 7.99. The maximum absolute atomic E-state index is 12.6. The summed E-state index contributed by atoms with van der Waals surface area (Å²) in [5.74, 6) is -0.0256. The Morgan fingerprint density at radius 3 is 2.75 bits per heavy atom. The zero-order valence-corrected chi connectivity index (χ0v) is 20.0. The van der Waals surface area contributed by atoms with Crippen LogP contribution in [0.1, 0.15) is 39.7 Å². The molecule has 1 N–H and O–H groups in total. The molecule has 0 aliphatic carbocycles. The minimum Gasteiger partial charge on any atom is -0.462 e. The number of fused-ring (bicyclic) bond motifs is 3. The van der Waals surface area contributed by atoms with E-state index in [0.29, 0.717) is 16.3 Å². The van der Waals surface area contributed by atoms with E-state index in [2.05, 4.69) is 28.5 Å². The normalized spacial score (nSPS) is 11.2. The number of nitrogens with one attached hydrogen (secondary N) is 1. The monoisotopic (exact) mass is 468 g/mol. The molecule has 0 saturated heterocycles. The minimum absolute atomic E-state index is 0.154. The molecule has 166 valence electrons. The van der Waals surface area contributed by atoms with Gasteiger partial charge in [-0.1, -0.05) is 30.0 Å². The number of aromatic nitrogens is 3. The van der Waals surface area contributed by atoms with Crippen LogP contribution in [0.3, 0.4) is 0 Å². The molecule has 0 atom stereocenters. The lowest BCUT2D eigenvalue weighted by Crippen LogP contribution is -2.15. The number of thiophene rings is 1. The predicted octanol–water partition coefficient (Wildman–Crippen LogP) is 5.17. The minimum atomic E-state index is -0.406. The highest BCUT2D eigenvalue weighted by atomic mass is 32.2. The molecule has 9 heteroatoms. The number of anilines is 1. The zero-order chi connectivity index (χ0) is 22.8. The van der Waals surface area contributed by atoms with Gasteiger partial charge in [-0.05, 0) is 51.0 Å². The Morgan fingerprint density at radius 2 is 1.97 bits per heavy atom. The number of carbonyl (C=O) groups is 2. The van der Waals surface area contributed by atoms with Crippen LogP contribution >= 0.6 is 23.1 Å². The quantitative estimate of drug-likeness (QED) is 0.298. The molecule has 0 fully saturated rings. The molecule has 3 heterocycles. The average Bonchev–Trinajstić information content (AvgIpc) is 3.28. The summed E-state index contributed by atoms with van der Waals surface area (Å²) in [6, 6.07) is 10.2. The lowest BCUT2D eigenvalue weighted by atomic mass is 10.1. The predicted molar refractivity (Wildman–Crippen MR) is 129 cm³/mol. The van der Waals surface area contributed by atoms with Gasteiger partial charge >= 0.3 is 5.97 Å². The van der Waals surface area contributed by atoms with E-state index in [0.717, 1.165) is 37.7 Å². The van der Waals surface area contributed by atoms with E-state index in [1.54, 1.807) is 6.92 Å². The van der Waals surface area contributed by atoms with Crippen molar-refractivity contribution in [2.24, 2.45) is 0 Å². The highest BCUT2D eigenvalue weighted by Crippen LogP contribution is 2.33. The molecule has 0 aliphatic heterocycles. The molecule has 32 heavy (non-hydrogen) atoms. The second-order valence-corrected chi connectivity index (χ2v) is 9.66. The van der Waals surface area contributed by atoms with E-state index < -0.39 is 5.97 Å². The molecule has 0 bridgehead atoms. The number of esters is 1. The molecular weight excluding hydrogens is 444 g/mol. The van der Waals surface area contributed by atoms with E-state index in [-0.39, 0.29) is 18.9 Å². The van der Waals surface area contributed by atoms with E-state index in [4.69, 9.17) is 4.74 Å². The SMILES string of the molecule is CCOC(=O)c1c(NC(=O)CCSc2nnc3cc(C)c4ccccc4n23)sc(C)c1C. The summed E-state index contributed by atoms with van der Waals surface area (Å²) in [7, 11) is 0. The average molecular weight is 469 g/mol. The van der Waals surface area contributed by atoms with E-state index >= 15 is 0 Å². The molecule has 3 aromatic heterocycles. The van der Waals surface area contributed by atoms with Crippen LogP contribution in [0.4, 0.5) is 5.00 Å². The Hall–Kier alpha value is -2.91. The number of nitrogens with zero attached hydrogens (tertiary/aromatic N) is 3. The van der Waals surface area contributed by atoms with Crippen molar-refractivity contribution in [3.05, 3.63) is 51.9 Å². The summed E-state index contributed by atoms with van der Waals surface area (Å²) in [4.78, 5) is 25.9. The maximum Gasteiger partial charge on any atom is 0.341 e. The van der Waals surface area contributed by atoms with Gasteiger partial charge in [0.2, 0.25) is 5.91 Å². The Labute approximate surface area is 194 Å². The number of aryl methyl sites for hydroxylation is 2. The number of hydrogen-bond acceptors (Lipinski definition) is 7. The van der Waals surface area contributed by atoms with E-state index in [1.165, 1.54) is 23.1 Å². The zero-order valence-electron chi connectivity index (χ0n) is 18.4. The molecule has 0 saturated carbocycles. The van der Waals surface area contributed by atoms with E-state index in [9.17, 15) is 9.59 Å². The van der Waals surface area contributed by atoms with Gasteiger partial charge in [0.1, 0.15) is 5.00 Å². The third-order valence-corrected chi connectivity index (χ3v) is 7.31. The van der Waals surface area contributed by atoms with Gasteiger partial charge in [-0.15, -0.1) is 21.5 Å². The number of benzene rings is 1. The summed E-state index contributed by atoms with van der Waals surface area (Å²) >= 11 is 2.88. The molecule has 7 nitrogen and oxygen atoms in total. The number of ether oxygens (including phenoxy) is 1. The molecule has 4 aromatic rings. The third kappa shape index (κ3) is 4.22. The van der Waals surface area contributed by atoms with Crippen molar-refractivity contribution in [3.8, 4) is 0 Å². The largest absolute Gasteiger partial charge is 0.462 e. The number of carbonyl (C=O) groups excluding carboxylic acids is 2. The van der Waals surface area contributed by atoms with Crippen LogP contribution in [-0.4, -0.2) is 38.8 Å². The first kappa shape index (κ1) is 22.3. The Bertz CT molecular complexity index is 1330. The van der Waals surface area contributed by atoms with Crippen molar-refractivity contribution in [2.45, 2.75) is 39.3 Å². The Morgan fingerprint density at radius 1 is 1.19 bits per heavy atom. The number of amides is 1.